The van der Waals surface area contributed by atoms with E-state index in [4.69, 9.17) is 0 Å². The lowest BCUT2D eigenvalue weighted by Gasteiger charge is -2.14. The average molecular weight is 121 g/mol. The predicted molar refractivity (Wildman–Crippen MR) is 30.2 cm³/mol. The quantitative estimate of drug-likeness (QED) is 0.504. The Morgan fingerprint density at radius 3 is 2.86 bits per heavy atom. The molecule has 3 heteroatoms. The van der Waals surface area contributed by atoms with E-state index in [9.17, 15) is 4.39 Å². The zero-order valence-corrected chi connectivity index (χ0v) is 4.80. The third kappa shape index (κ3) is 1.65. The number of rotatable bonds is 0. The van der Waals surface area contributed by atoms with Crippen molar-refractivity contribution in [2.24, 2.45) is 0 Å². The zero-order valence-electron chi connectivity index (χ0n) is 3.98. The summed E-state index contributed by atoms with van der Waals surface area (Å²) in [6.45, 7) is 1.50. The third-order valence-corrected chi connectivity index (χ3v) is 1.85. The van der Waals surface area contributed by atoms with E-state index in [-0.39, 0.29) is 0 Å². The molecule has 42 valence electrons. The molecule has 0 amide bonds. The van der Waals surface area contributed by atoms with Crippen LogP contribution in [0.25, 0.3) is 0 Å². The van der Waals surface area contributed by atoms with Crippen LogP contribution in [0, 0.1) is 0 Å². The maximum Gasteiger partial charge on any atom is 0.158 e. The molecule has 1 rings (SSSR count). The molecule has 0 radical (unpaired) electrons. The van der Waals surface area contributed by atoms with Gasteiger partial charge in [0.15, 0.2) is 5.50 Å². The maximum atomic E-state index is 12.1. The van der Waals surface area contributed by atoms with Gasteiger partial charge in [0.1, 0.15) is 0 Å². The second kappa shape index (κ2) is 2.52. The van der Waals surface area contributed by atoms with Crippen molar-refractivity contribution in [2.75, 3.05) is 18.8 Å². The monoisotopic (exact) mass is 121 g/mol. The van der Waals surface area contributed by atoms with Gasteiger partial charge >= 0.3 is 0 Å². The fourth-order valence-electron chi connectivity index (χ4n) is 0.533. The third-order valence-electron chi connectivity index (χ3n) is 0.882. The number of alkyl halides is 1. The molecule has 1 unspecified atom stereocenters. The summed E-state index contributed by atoms with van der Waals surface area (Å²) < 4.78 is 12.1. The van der Waals surface area contributed by atoms with Crippen molar-refractivity contribution in [2.45, 2.75) is 5.50 Å². The number of hydrogen-bond donors (Lipinski definition) is 1. The van der Waals surface area contributed by atoms with Gasteiger partial charge in [-0.3, -0.25) is 0 Å². The minimum atomic E-state index is -0.659. The first-order valence-corrected chi connectivity index (χ1v) is 3.41. The van der Waals surface area contributed by atoms with E-state index in [0.29, 0.717) is 6.54 Å². The van der Waals surface area contributed by atoms with Crippen LogP contribution in [-0.4, -0.2) is 24.3 Å². The average Bonchev–Trinajstić information content (AvgIpc) is 1.69. The summed E-state index contributed by atoms with van der Waals surface area (Å²) >= 11 is 1.39. The fraction of sp³-hybridized carbons (Fsp3) is 1.00. The standard InChI is InChI=1S/C4H8FNS/c5-4-3-6-1-2-7-4/h4,6H,1-3H2. The van der Waals surface area contributed by atoms with Gasteiger partial charge in [0, 0.05) is 18.8 Å². The molecule has 0 spiro atoms. The summed E-state index contributed by atoms with van der Waals surface area (Å²) in [6, 6.07) is 0. The summed E-state index contributed by atoms with van der Waals surface area (Å²) in [7, 11) is 0. The Bertz CT molecular complexity index is 53.7. The molecule has 1 atom stereocenters. The largest absolute Gasteiger partial charge is 0.312 e. The molecule has 1 nitrogen and oxygen atoms in total. The van der Waals surface area contributed by atoms with Gasteiger partial charge in [-0.1, -0.05) is 0 Å². The van der Waals surface area contributed by atoms with Crippen LogP contribution >= 0.6 is 11.8 Å². The molecule has 0 bridgehead atoms. The molecular formula is C4H8FNS. The second-order valence-electron chi connectivity index (χ2n) is 1.48. The Morgan fingerprint density at radius 1 is 1.71 bits per heavy atom. The Hall–Kier alpha value is 0.240. The number of nitrogens with one attached hydrogen (secondary N) is 1. The highest BCUT2D eigenvalue weighted by Crippen LogP contribution is 2.12. The number of hydrogen-bond acceptors (Lipinski definition) is 2. The molecular weight excluding hydrogens is 113 g/mol. The Balaban J connectivity index is 2.12. The minimum absolute atomic E-state index is 0.532. The normalized spacial score (nSPS) is 33.0. The van der Waals surface area contributed by atoms with Crippen molar-refractivity contribution in [3.8, 4) is 0 Å². The second-order valence-corrected chi connectivity index (χ2v) is 2.74. The lowest BCUT2D eigenvalue weighted by atomic mass is 10.6. The molecule has 1 saturated heterocycles. The molecule has 1 heterocycles. The molecule has 0 aromatic heterocycles. The van der Waals surface area contributed by atoms with Crippen LogP contribution in [0.2, 0.25) is 0 Å². The van der Waals surface area contributed by atoms with Gasteiger partial charge in [0.25, 0.3) is 0 Å². The molecule has 7 heavy (non-hydrogen) atoms. The van der Waals surface area contributed by atoms with Crippen LogP contribution in [0.5, 0.6) is 0 Å². The molecule has 1 fully saturated rings. The van der Waals surface area contributed by atoms with Gasteiger partial charge in [-0.2, -0.15) is 0 Å². The van der Waals surface area contributed by atoms with E-state index in [1.54, 1.807) is 0 Å². The summed E-state index contributed by atoms with van der Waals surface area (Å²) in [5.74, 6) is 0.918. The molecule has 0 aliphatic carbocycles. The van der Waals surface area contributed by atoms with Crippen molar-refractivity contribution >= 4 is 11.8 Å². The first-order chi connectivity index (χ1) is 3.39. The highest BCUT2D eigenvalue weighted by molar-refractivity contribution is 7.99. The number of thioether (sulfide) groups is 1. The lowest BCUT2D eigenvalue weighted by Crippen LogP contribution is -2.29. The van der Waals surface area contributed by atoms with Gasteiger partial charge in [-0.15, -0.1) is 11.8 Å². The van der Waals surface area contributed by atoms with E-state index in [0.717, 1.165) is 12.3 Å². The molecule has 1 N–H and O–H groups in total. The molecule has 0 aromatic rings. The molecule has 0 saturated carbocycles. The molecule has 1 aliphatic heterocycles. The van der Waals surface area contributed by atoms with Gasteiger partial charge in [-0.05, 0) is 0 Å². The van der Waals surface area contributed by atoms with Crippen molar-refractivity contribution in [1.82, 2.24) is 5.32 Å². The minimum Gasteiger partial charge on any atom is -0.312 e. The van der Waals surface area contributed by atoms with Crippen LogP contribution in [0.15, 0.2) is 0 Å². The maximum absolute atomic E-state index is 12.1. The van der Waals surface area contributed by atoms with Gasteiger partial charge in [0.2, 0.25) is 0 Å². The first kappa shape index (κ1) is 5.38. The van der Waals surface area contributed by atoms with Crippen molar-refractivity contribution < 1.29 is 4.39 Å². The van der Waals surface area contributed by atoms with Crippen molar-refractivity contribution in [3.05, 3.63) is 0 Å². The van der Waals surface area contributed by atoms with E-state index in [2.05, 4.69) is 5.32 Å². The van der Waals surface area contributed by atoms with Gasteiger partial charge in [-0.25, -0.2) is 4.39 Å². The Morgan fingerprint density at radius 2 is 2.57 bits per heavy atom. The van der Waals surface area contributed by atoms with Crippen LogP contribution in [-0.2, 0) is 0 Å². The van der Waals surface area contributed by atoms with Crippen LogP contribution in [0.1, 0.15) is 0 Å². The Kier molecular flexibility index (Phi) is 1.94. The summed E-state index contributed by atoms with van der Waals surface area (Å²) in [4.78, 5) is 0. The topological polar surface area (TPSA) is 12.0 Å². The Labute approximate surface area is 46.7 Å². The highest BCUT2D eigenvalue weighted by atomic mass is 32.2. The summed E-state index contributed by atoms with van der Waals surface area (Å²) in [6.07, 6.45) is 0. The lowest BCUT2D eigenvalue weighted by molar-refractivity contribution is 0.423. The van der Waals surface area contributed by atoms with E-state index < -0.39 is 5.50 Å². The van der Waals surface area contributed by atoms with Crippen LogP contribution < -0.4 is 5.32 Å². The van der Waals surface area contributed by atoms with Crippen LogP contribution in [0.4, 0.5) is 4.39 Å². The summed E-state index contributed by atoms with van der Waals surface area (Å²) in [5, 5.41) is 2.94. The van der Waals surface area contributed by atoms with E-state index in [1.165, 1.54) is 11.8 Å². The highest BCUT2D eigenvalue weighted by Gasteiger charge is 2.09. The fourth-order valence-corrected chi connectivity index (χ4v) is 1.29. The smallest absolute Gasteiger partial charge is 0.158 e. The van der Waals surface area contributed by atoms with Gasteiger partial charge in [0.05, 0.1) is 0 Å². The summed E-state index contributed by atoms with van der Waals surface area (Å²) in [5.41, 5.74) is -0.659. The van der Waals surface area contributed by atoms with Crippen molar-refractivity contribution in [1.29, 1.82) is 0 Å². The van der Waals surface area contributed by atoms with Crippen molar-refractivity contribution in [3.63, 3.8) is 0 Å². The SMILES string of the molecule is FC1CNCCS1. The first-order valence-electron chi connectivity index (χ1n) is 2.36. The van der Waals surface area contributed by atoms with E-state index >= 15 is 0 Å². The van der Waals surface area contributed by atoms with E-state index in [1.807, 2.05) is 0 Å². The van der Waals surface area contributed by atoms with Gasteiger partial charge < -0.3 is 5.32 Å². The van der Waals surface area contributed by atoms with Crippen LogP contribution in [0.3, 0.4) is 0 Å². The number of halogens is 1. The zero-order chi connectivity index (χ0) is 5.11. The predicted octanol–water partition coefficient (Wildman–Crippen LogP) is 0.618. The molecule has 0 aromatic carbocycles. The molecule has 1 aliphatic rings.